The molecule has 1 saturated heterocycles. The van der Waals surface area contributed by atoms with E-state index in [1.54, 1.807) is 13.0 Å². The first-order chi connectivity index (χ1) is 11.6. The molecule has 6 nitrogen and oxygen atoms in total. The van der Waals surface area contributed by atoms with Crippen LogP contribution in [0.5, 0.6) is 0 Å². The van der Waals surface area contributed by atoms with Gasteiger partial charge in [-0.1, -0.05) is 12.1 Å². The summed E-state index contributed by atoms with van der Waals surface area (Å²) in [6.07, 6.45) is 1.45. The van der Waals surface area contributed by atoms with Crippen LogP contribution in [-0.4, -0.2) is 30.8 Å². The molecule has 0 unspecified atom stereocenters. The van der Waals surface area contributed by atoms with Gasteiger partial charge < -0.3 is 19.8 Å². The number of alkyl carbamates (subject to hydrolysis) is 1. The van der Waals surface area contributed by atoms with Crippen LogP contribution >= 0.6 is 0 Å². The molecule has 1 aliphatic rings. The van der Waals surface area contributed by atoms with Crippen molar-refractivity contribution in [3.05, 3.63) is 45.7 Å². The largest absolute Gasteiger partial charge is 0.443 e. The van der Waals surface area contributed by atoms with Gasteiger partial charge >= 0.3 is 6.09 Å². The number of pyridine rings is 1. The molecule has 2 N–H and O–H groups in total. The average molecular weight is 330 g/mol. The maximum absolute atomic E-state index is 12.3. The summed E-state index contributed by atoms with van der Waals surface area (Å²) in [7, 11) is 0. The van der Waals surface area contributed by atoms with Crippen LogP contribution in [0, 0.1) is 12.8 Å². The zero-order valence-electron chi connectivity index (χ0n) is 13.8. The minimum atomic E-state index is -0.463. The number of amides is 1. The Morgan fingerprint density at radius 1 is 1.33 bits per heavy atom. The van der Waals surface area contributed by atoms with Crippen molar-refractivity contribution in [1.29, 1.82) is 0 Å². The van der Waals surface area contributed by atoms with Gasteiger partial charge in [0.2, 0.25) is 0 Å². The quantitative estimate of drug-likeness (QED) is 0.902. The number of carbonyl (C=O) groups is 1. The first-order valence-electron chi connectivity index (χ1n) is 8.24. The Balaban J connectivity index is 1.59. The van der Waals surface area contributed by atoms with Crippen LogP contribution in [0.2, 0.25) is 0 Å². The van der Waals surface area contributed by atoms with E-state index in [1.807, 2.05) is 18.2 Å². The number of rotatable bonds is 4. The number of H-pyrrole nitrogens is 1. The summed E-state index contributed by atoms with van der Waals surface area (Å²) in [5, 5.41) is 3.43. The first kappa shape index (κ1) is 16.5. The van der Waals surface area contributed by atoms with Gasteiger partial charge in [-0.2, -0.15) is 0 Å². The maximum atomic E-state index is 12.3. The van der Waals surface area contributed by atoms with Crippen LogP contribution in [0.3, 0.4) is 0 Å². The van der Waals surface area contributed by atoms with E-state index in [9.17, 15) is 9.59 Å². The molecule has 1 aliphatic heterocycles. The monoisotopic (exact) mass is 330 g/mol. The van der Waals surface area contributed by atoms with Gasteiger partial charge in [0.25, 0.3) is 0 Å². The smallest absolute Gasteiger partial charge is 0.407 e. The second kappa shape index (κ2) is 7.49. The van der Waals surface area contributed by atoms with E-state index >= 15 is 0 Å². The molecule has 1 amide bonds. The Morgan fingerprint density at radius 3 is 2.88 bits per heavy atom. The Labute approximate surface area is 140 Å². The molecular weight excluding hydrogens is 308 g/mol. The van der Waals surface area contributed by atoms with Gasteiger partial charge in [0.1, 0.15) is 6.61 Å². The molecule has 0 spiro atoms. The van der Waals surface area contributed by atoms with Crippen LogP contribution in [0.15, 0.2) is 29.1 Å². The summed E-state index contributed by atoms with van der Waals surface area (Å²) in [6.45, 7) is 3.88. The summed E-state index contributed by atoms with van der Waals surface area (Å²) in [5.74, 6) is 0.438. The highest BCUT2D eigenvalue weighted by Gasteiger charge is 2.15. The van der Waals surface area contributed by atoms with Gasteiger partial charge in [0.05, 0.1) is 5.69 Å². The summed E-state index contributed by atoms with van der Waals surface area (Å²) in [4.78, 5) is 27.4. The third-order valence-corrected chi connectivity index (χ3v) is 4.47. The van der Waals surface area contributed by atoms with Gasteiger partial charge in [-0.15, -0.1) is 0 Å². The lowest BCUT2D eigenvalue weighted by atomic mass is 10.0. The van der Waals surface area contributed by atoms with Gasteiger partial charge in [-0.05, 0) is 37.8 Å². The Bertz CT molecular complexity index is 778. The second-order valence-electron chi connectivity index (χ2n) is 6.12. The molecule has 3 rings (SSSR count). The zero-order valence-corrected chi connectivity index (χ0v) is 13.8. The summed E-state index contributed by atoms with van der Waals surface area (Å²) in [5.41, 5.74) is 1.91. The molecular formula is C18H22N2O4. The van der Waals surface area contributed by atoms with Crippen molar-refractivity contribution in [3.63, 3.8) is 0 Å². The standard InChI is InChI=1S/C18H22N2O4/c1-12-16(20-15-5-3-2-4-14(15)17(12)21)11-24-18(22)19-10-13-6-8-23-9-7-13/h2-5,13H,6-11H2,1H3,(H,19,22)(H,20,21). The first-order valence-corrected chi connectivity index (χ1v) is 8.24. The lowest BCUT2D eigenvalue weighted by molar-refractivity contribution is 0.0648. The van der Waals surface area contributed by atoms with Crippen LogP contribution in [0.4, 0.5) is 4.79 Å². The number of nitrogens with one attached hydrogen (secondary N) is 2. The fraction of sp³-hybridized carbons (Fsp3) is 0.444. The molecule has 1 aromatic heterocycles. The van der Waals surface area contributed by atoms with Crippen LogP contribution < -0.4 is 10.7 Å². The number of hydrogen-bond acceptors (Lipinski definition) is 4. The molecule has 128 valence electrons. The van der Waals surface area contributed by atoms with Crippen LogP contribution in [-0.2, 0) is 16.1 Å². The molecule has 24 heavy (non-hydrogen) atoms. The second-order valence-corrected chi connectivity index (χ2v) is 6.12. The molecule has 6 heteroatoms. The SMILES string of the molecule is Cc1c(COC(=O)NCC2CCOCC2)[nH]c2ccccc2c1=O. The number of hydrogen-bond donors (Lipinski definition) is 2. The van der Waals surface area contributed by atoms with E-state index in [-0.39, 0.29) is 12.0 Å². The fourth-order valence-corrected chi connectivity index (χ4v) is 2.90. The number of ether oxygens (including phenoxy) is 2. The van der Waals surface area contributed by atoms with Crippen molar-refractivity contribution < 1.29 is 14.3 Å². The zero-order chi connectivity index (χ0) is 16.9. The number of para-hydroxylation sites is 1. The number of aromatic nitrogens is 1. The molecule has 2 aromatic rings. The molecule has 0 aliphatic carbocycles. The van der Waals surface area contributed by atoms with Gasteiger partial charge in [0.15, 0.2) is 5.43 Å². The van der Waals surface area contributed by atoms with Crippen molar-refractivity contribution >= 4 is 17.0 Å². The van der Waals surface area contributed by atoms with E-state index < -0.39 is 6.09 Å². The summed E-state index contributed by atoms with van der Waals surface area (Å²) >= 11 is 0. The van der Waals surface area contributed by atoms with Crippen LogP contribution in [0.1, 0.15) is 24.1 Å². The predicted molar refractivity (Wildman–Crippen MR) is 91.0 cm³/mol. The fourth-order valence-electron chi connectivity index (χ4n) is 2.90. The van der Waals surface area contributed by atoms with E-state index in [0.29, 0.717) is 29.1 Å². The summed E-state index contributed by atoms with van der Waals surface area (Å²) < 4.78 is 10.5. The van der Waals surface area contributed by atoms with Crippen molar-refractivity contribution in [2.24, 2.45) is 5.92 Å². The minimum Gasteiger partial charge on any atom is -0.443 e. The molecule has 0 saturated carbocycles. The van der Waals surface area contributed by atoms with Gasteiger partial charge in [-0.25, -0.2) is 4.79 Å². The normalized spacial score (nSPS) is 15.4. The van der Waals surface area contributed by atoms with Crippen LogP contribution in [0.25, 0.3) is 10.9 Å². The number of fused-ring (bicyclic) bond motifs is 1. The van der Waals surface area contributed by atoms with Crippen molar-refractivity contribution in [3.8, 4) is 0 Å². The number of carbonyl (C=O) groups excluding carboxylic acids is 1. The molecule has 1 aromatic carbocycles. The highest BCUT2D eigenvalue weighted by atomic mass is 16.5. The van der Waals surface area contributed by atoms with Gasteiger partial charge in [0, 0.05) is 36.2 Å². The topological polar surface area (TPSA) is 80.4 Å². The lowest BCUT2D eigenvalue weighted by Crippen LogP contribution is -2.32. The number of benzene rings is 1. The maximum Gasteiger partial charge on any atom is 0.407 e. The molecule has 0 bridgehead atoms. The van der Waals surface area contributed by atoms with Crippen molar-refractivity contribution in [1.82, 2.24) is 10.3 Å². The van der Waals surface area contributed by atoms with E-state index in [0.717, 1.165) is 31.6 Å². The molecule has 1 fully saturated rings. The molecule has 2 heterocycles. The van der Waals surface area contributed by atoms with Gasteiger partial charge in [-0.3, -0.25) is 4.79 Å². The van der Waals surface area contributed by atoms with Crippen molar-refractivity contribution in [2.45, 2.75) is 26.4 Å². The highest BCUT2D eigenvalue weighted by molar-refractivity contribution is 5.79. The third kappa shape index (κ3) is 3.76. The number of aromatic amines is 1. The van der Waals surface area contributed by atoms with E-state index in [2.05, 4.69) is 10.3 Å². The van der Waals surface area contributed by atoms with Crippen molar-refractivity contribution in [2.75, 3.05) is 19.8 Å². The average Bonchev–Trinajstić information content (AvgIpc) is 2.62. The lowest BCUT2D eigenvalue weighted by Gasteiger charge is -2.22. The summed E-state index contributed by atoms with van der Waals surface area (Å²) in [6, 6.07) is 7.31. The Kier molecular flexibility index (Phi) is 5.15. The predicted octanol–water partition coefficient (Wildman–Crippen LogP) is 2.49. The van der Waals surface area contributed by atoms with E-state index in [1.165, 1.54) is 0 Å². The molecule has 0 atom stereocenters. The third-order valence-electron chi connectivity index (χ3n) is 4.47. The minimum absolute atomic E-state index is 0.0365. The van der Waals surface area contributed by atoms with E-state index in [4.69, 9.17) is 9.47 Å². The highest BCUT2D eigenvalue weighted by Crippen LogP contribution is 2.14. The Hall–Kier alpha value is -2.34. The Morgan fingerprint density at radius 2 is 2.08 bits per heavy atom. The molecule has 0 radical (unpaired) electrons.